The number of unbranched alkanes of at least 4 members (excludes halogenated alkanes) is 4. The van der Waals surface area contributed by atoms with E-state index in [9.17, 15) is 62.3 Å². The van der Waals surface area contributed by atoms with E-state index in [1.807, 2.05) is 4.74 Å². The molecule has 39 heavy (non-hydrogen) atoms. The molecule has 0 aliphatic carbocycles. The predicted molar refractivity (Wildman–Crippen MR) is 103 cm³/mol. The Morgan fingerprint density at radius 2 is 0.769 bits per heavy atom. The Kier molecular flexibility index (Phi) is 13.8. The van der Waals surface area contributed by atoms with Crippen molar-refractivity contribution in [1.82, 2.24) is 0 Å². The number of carbonyl (C=O) groups is 2. The van der Waals surface area contributed by atoms with Crippen molar-refractivity contribution in [2.24, 2.45) is 0 Å². The first-order valence-corrected chi connectivity index (χ1v) is 11.2. The molecule has 0 spiro atoms. The normalized spacial score (nSPS) is 13.9. The first-order valence-electron chi connectivity index (χ1n) is 11.2. The van der Waals surface area contributed by atoms with Crippen LogP contribution in [-0.2, 0) is 33.3 Å². The molecule has 0 radical (unpaired) electrons. The van der Waals surface area contributed by atoms with Gasteiger partial charge in [-0.3, -0.25) is 9.59 Å². The van der Waals surface area contributed by atoms with Crippen LogP contribution in [0.15, 0.2) is 0 Å². The standard InChI is InChI=1S/C20H26F12O7/c1-3-5-7-9-13(33)35-11-15(21,22)37-17(25,26)19(29,30)39-20(31,32)18(27,28)38-16(23,24)12-36-14(34)10-8-6-4-2/h3-12H2,1-2H3. The Labute approximate surface area is 214 Å². The summed E-state index contributed by atoms with van der Waals surface area (Å²) >= 11 is 0. The molecular formula is C20H26F12O7. The molecular weight excluding hydrogens is 580 g/mol. The summed E-state index contributed by atoms with van der Waals surface area (Å²) in [4.78, 5) is 22.5. The van der Waals surface area contributed by atoms with Gasteiger partial charge in [0.1, 0.15) is 0 Å². The smallest absolute Gasteiger partial charge is 0.453 e. The van der Waals surface area contributed by atoms with Gasteiger partial charge in [0.25, 0.3) is 0 Å². The summed E-state index contributed by atoms with van der Waals surface area (Å²) in [6.07, 6.45) is -37.4. The van der Waals surface area contributed by atoms with Crippen LogP contribution in [0.25, 0.3) is 0 Å². The van der Waals surface area contributed by atoms with Gasteiger partial charge in [-0.15, -0.1) is 0 Å². The third kappa shape index (κ3) is 13.3. The van der Waals surface area contributed by atoms with Crippen molar-refractivity contribution in [3.05, 3.63) is 0 Å². The summed E-state index contributed by atoms with van der Waals surface area (Å²) in [5.74, 6) is -2.79. The molecule has 0 amide bonds. The highest BCUT2D eigenvalue weighted by Gasteiger charge is 2.74. The van der Waals surface area contributed by atoms with Crippen molar-refractivity contribution in [3.8, 4) is 0 Å². The quantitative estimate of drug-likeness (QED) is 0.0853. The molecule has 0 aliphatic rings. The molecule has 0 aromatic carbocycles. The van der Waals surface area contributed by atoms with E-state index in [0.717, 1.165) is 0 Å². The maximum atomic E-state index is 13.5. The van der Waals surface area contributed by atoms with Crippen molar-refractivity contribution < 1.29 is 86.0 Å². The van der Waals surface area contributed by atoms with Gasteiger partial charge in [0, 0.05) is 12.8 Å². The highest BCUT2D eigenvalue weighted by molar-refractivity contribution is 5.69. The lowest BCUT2D eigenvalue weighted by Crippen LogP contribution is -2.58. The second-order valence-corrected chi connectivity index (χ2v) is 7.88. The van der Waals surface area contributed by atoms with E-state index in [1.165, 1.54) is 0 Å². The summed E-state index contributed by atoms with van der Waals surface area (Å²) in [5.41, 5.74) is 0. The minimum atomic E-state index is -7.03. The molecule has 0 unspecified atom stereocenters. The highest BCUT2D eigenvalue weighted by atomic mass is 19.4. The average Bonchev–Trinajstić information content (AvgIpc) is 2.74. The van der Waals surface area contributed by atoms with Crippen molar-refractivity contribution in [2.75, 3.05) is 13.2 Å². The second-order valence-electron chi connectivity index (χ2n) is 7.88. The van der Waals surface area contributed by atoms with E-state index in [-0.39, 0.29) is 12.8 Å². The van der Waals surface area contributed by atoms with Crippen molar-refractivity contribution in [3.63, 3.8) is 0 Å². The molecule has 0 heterocycles. The van der Waals surface area contributed by atoms with Crippen molar-refractivity contribution >= 4 is 11.9 Å². The van der Waals surface area contributed by atoms with Gasteiger partial charge in [0.05, 0.1) is 0 Å². The van der Waals surface area contributed by atoms with Crippen molar-refractivity contribution in [1.29, 1.82) is 0 Å². The number of rotatable bonds is 20. The van der Waals surface area contributed by atoms with Gasteiger partial charge in [-0.25, -0.2) is 14.2 Å². The lowest BCUT2D eigenvalue weighted by molar-refractivity contribution is -0.558. The van der Waals surface area contributed by atoms with Crippen LogP contribution in [0.5, 0.6) is 0 Å². The van der Waals surface area contributed by atoms with E-state index in [0.29, 0.717) is 25.7 Å². The van der Waals surface area contributed by atoms with Gasteiger partial charge in [-0.05, 0) is 12.8 Å². The lowest BCUT2D eigenvalue weighted by Gasteiger charge is -2.34. The maximum absolute atomic E-state index is 13.5. The summed E-state index contributed by atoms with van der Waals surface area (Å²) < 4.78 is 176. The van der Waals surface area contributed by atoms with Crippen LogP contribution >= 0.6 is 0 Å². The molecule has 0 fully saturated rings. The van der Waals surface area contributed by atoms with Gasteiger partial charge in [0.2, 0.25) is 0 Å². The molecule has 0 bridgehead atoms. The maximum Gasteiger partial charge on any atom is 0.453 e. The second kappa shape index (κ2) is 14.6. The summed E-state index contributed by atoms with van der Waals surface area (Å²) in [6.45, 7) is -1.44. The van der Waals surface area contributed by atoms with Gasteiger partial charge in [0.15, 0.2) is 13.2 Å². The topological polar surface area (TPSA) is 80.3 Å². The zero-order valence-corrected chi connectivity index (χ0v) is 20.5. The number of alkyl halides is 12. The van der Waals surface area contributed by atoms with Crippen molar-refractivity contribution in [2.45, 2.75) is 102 Å². The van der Waals surface area contributed by atoms with E-state index >= 15 is 0 Å². The predicted octanol–water partition coefficient (Wildman–Crippen LogP) is 6.84. The molecule has 0 aromatic heterocycles. The number of carbonyl (C=O) groups excluding carboxylic acids is 2. The molecule has 19 heteroatoms. The van der Waals surface area contributed by atoms with E-state index in [1.54, 1.807) is 13.8 Å². The third-order valence-electron chi connectivity index (χ3n) is 4.26. The Balaban J connectivity index is 5.27. The van der Waals surface area contributed by atoms with Gasteiger partial charge < -0.3 is 9.47 Å². The molecule has 0 atom stereocenters. The monoisotopic (exact) mass is 606 g/mol. The minimum absolute atomic E-state index is 0.121. The summed E-state index contributed by atoms with van der Waals surface area (Å²) in [6, 6.07) is 0. The van der Waals surface area contributed by atoms with Crippen LogP contribution in [0.3, 0.4) is 0 Å². The minimum Gasteiger partial charge on any atom is -0.456 e. The fraction of sp³-hybridized carbons (Fsp3) is 0.900. The van der Waals surface area contributed by atoms with Gasteiger partial charge in [-0.1, -0.05) is 39.5 Å². The lowest BCUT2D eigenvalue weighted by atomic mass is 10.2. The average molecular weight is 606 g/mol. The number of hydrogen-bond donors (Lipinski definition) is 0. The number of halogens is 12. The van der Waals surface area contributed by atoms with Crippen LogP contribution in [-0.4, -0.2) is 61.8 Å². The highest BCUT2D eigenvalue weighted by Crippen LogP contribution is 2.48. The molecule has 0 N–H and O–H groups in total. The molecule has 7 nitrogen and oxygen atoms in total. The van der Waals surface area contributed by atoms with Crippen LogP contribution in [0.2, 0.25) is 0 Å². The molecule has 0 aromatic rings. The Morgan fingerprint density at radius 3 is 1.05 bits per heavy atom. The van der Waals surface area contributed by atoms with Crippen LogP contribution in [0.4, 0.5) is 52.7 Å². The van der Waals surface area contributed by atoms with E-state index in [4.69, 9.17) is 0 Å². The first-order chi connectivity index (χ1) is 17.5. The summed E-state index contributed by atoms with van der Waals surface area (Å²) in [5, 5.41) is 0. The number of esters is 2. The van der Waals surface area contributed by atoms with Crippen LogP contribution in [0, 0.1) is 0 Å². The van der Waals surface area contributed by atoms with Gasteiger partial charge in [-0.2, -0.15) is 52.7 Å². The molecule has 0 saturated carbocycles. The SMILES string of the molecule is CCCCCC(=O)OCC(F)(F)OC(F)(F)C(F)(F)OC(F)(F)C(F)(F)OC(F)(F)COC(=O)CCCCC. The Morgan fingerprint density at radius 1 is 0.487 bits per heavy atom. The van der Waals surface area contributed by atoms with E-state index in [2.05, 4.69) is 18.9 Å². The molecule has 0 saturated heterocycles. The summed E-state index contributed by atoms with van der Waals surface area (Å²) in [7, 11) is 0. The van der Waals surface area contributed by atoms with E-state index < -0.39 is 74.6 Å². The zero-order chi connectivity index (χ0) is 30.8. The number of hydrogen-bond acceptors (Lipinski definition) is 7. The third-order valence-corrected chi connectivity index (χ3v) is 4.26. The van der Waals surface area contributed by atoms with Crippen LogP contribution < -0.4 is 0 Å². The van der Waals surface area contributed by atoms with Gasteiger partial charge >= 0.3 is 48.6 Å². The molecule has 0 rings (SSSR count). The first kappa shape index (κ1) is 37.0. The fourth-order valence-corrected chi connectivity index (χ4v) is 2.34. The fourth-order valence-electron chi connectivity index (χ4n) is 2.34. The van der Waals surface area contributed by atoms with Crippen LogP contribution in [0.1, 0.15) is 65.2 Å². The molecule has 0 aliphatic heterocycles. The largest absolute Gasteiger partial charge is 0.456 e. The Hall–Kier alpha value is -2.02. The zero-order valence-electron chi connectivity index (χ0n) is 20.5. The molecule has 232 valence electrons. The number of ether oxygens (including phenoxy) is 5. The Bertz CT molecular complexity index is 716.